The molecule has 3 N–H and O–H groups in total. The SMILES string of the molecule is COc1cnn(C)c1C(Cc1ccncc1)NN. The lowest BCUT2D eigenvalue weighted by molar-refractivity contribution is 0.394. The Morgan fingerprint density at radius 3 is 2.78 bits per heavy atom. The average molecular weight is 247 g/mol. The number of pyridine rings is 1. The lowest BCUT2D eigenvalue weighted by atomic mass is 10.0. The molecule has 0 saturated carbocycles. The van der Waals surface area contributed by atoms with Crippen LogP contribution in [0.2, 0.25) is 0 Å². The highest BCUT2D eigenvalue weighted by atomic mass is 16.5. The molecule has 2 rings (SSSR count). The van der Waals surface area contributed by atoms with Crippen molar-refractivity contribution in [2.75, 3.05) is 7.11 Å². The van der Waals surface area contributed by atoms with E-state index in [1.165, 1.54) is 0 Å². The van der Waals surface area contributed by atoms with E-state index in [2.05, 4.69) is 15.5 Å². The molecule has 2 aromatic rings. The van der Waals surface area contributed by atoms with E-state index in [0.717, 1.165) is 23.4 Å². The Labute approximate surface area is 106 Å². The first-order chi connectivity index (χ1) is 8.76. The van der Waals surface area contributed by atoms with Crippen LogP contribution in [0.5, 0.6) is 5.75 Å². The highest BCUT2D eigenvalue weighted by Gasteiger charge is 2.19. The summed E-state index contributed by atoms with van der Waals surface area (Å²) in [5.74, 6) is 6.37. The molecule has 6 nitrogen and oxygen atoms in total. The van der Waals surface area contributed by atoms with E-state index in [9.17, 15) is 0 Å². The molecule has 2 heterocycles. The topological polar surface area (TPSA) is 78.0 Å². The Kier molecular flexibility index (Phi) is 3.91. The van der Waals surface area contributed by atoms with Crippen LogP contribution in [0, 0.1) is 0 Å². The van der Waals surface area contributed by atoms with Gasteiger partial charge < -0.3 is 4.74 Å². The van der Waals surface area contributed by atoms with Crippen LogP contribution >= 0.6 is 0 Å². The first-order valence-corrected chi connectivity index (χ1v) is 5.67. The van der Waals surface area contributed by atoms with Gasteiger partial charge >= 0.3 is 0 Å². The summed E-state index contributed by atoms with van der Waals surface area (Å²) in [6, 6.07) is 3.87. The van der Waals surface area contributed by atoms with Crippen molar-refractivity contribution in [3.63, 3.8) is 0 Å². The van der Waals surface area contributed by atoms with Gasteiger partial charge in [0.1, 0.15) is 0 Å². The molecule has 0 fully saturated rings. The predicted molar refractivity (Wildman–Crippen MR) is 67.8 cm³/mol. The van der Waals surface area contributed by atoms with E-state index in [0.29, 0.717) is 0 Å². The maximum absolute atomic E-state index is 5.64. The number of hydrogen-bond donors (Lipinski definition) is 2. The minimum atomic E-state index is -0.0603. The molecule has 0 amide bonds. The van der Waals surface area contributed by atoms with Crippen LogP contribution in [-0.4, -0.2) is 21.9 Å². The zero-order valence-electron chi connectivity index (χ0n) is 10.5. The van der Waals surface area contributed by atoms with E-state index in [-0.39, 0.29) is 6.04 Å². The Bertz CT molecular complexity index is 496. The molecular formula is C12H17N5O. The van der Waals surface area contributed by atoms with Gasteiger partial charge in [0, 0.05) is 19.4 Å². The molecule has 0 saturated heterocycles. The molecule has 0 aliphatic heterocycles. The van der Waals surface area contributed by atoms with Gasteiger partial charge in [0.15, 0.2) is 5.75 Å². The van der Waals surface area contributed by atoms with Crippen molar-refractivity contribution in [3.05, 3.63) is 42.0 Å². The molecule has 0 aliphatic rings. The normalized spacial score (nSPS) is 12.4. The molecule has 1 atom stereocenters. The van der Waals surface area contributed by atoms with Gasteiger partial charge in [0.2, 0.25) is 0 Å². The van der Waals surface area contributed by atoms with Crippen molar-refractivity contribution in [3.8, 4) is 5.75 Å². The Morgan fingerprint density at radius 2 is 2.17 bits per heavy atom. The minimum absolute atomic E-state index is 0.0603. The monoisotopic (exact) mass is 247 g/mol. The van der Waals surface area contributed by atoms with Gasteiger partial charge in [-0.05, 0) is 24.1 Å². The average Bonchev–Trinajstić information content (AvgIpc) is 2.78. The zero-order chi connectivity index (χ0) is 13.0. The highest BCUT2D eigenvalue weighted by Crippen LogP contribution is 2.26. The number of aromatic nitrogens is 3. The second-order valence-corrected chi connectivity index (χ2v) is 4.00. The number of hydrogen-bond acceptors (Lipinski definition) is 5. The lowest BCUT2D eigenvalue weighted by Crippen LogP contribution is -2.31. The number of nitrogens with zero attached hydrogens (tertiary/aromatic N) is 3. The third kappa shape index (κ3) is 2.49. The van der Waals surface area contributed by atoms with Gasteiger partial charge in [-0.1, -0.05) is 0 Å². The van der Waals surface area contributed by atoms with Crippen molar-refractivity contribution in [1.29, 1.82) is 0 Å². The molecule has 96 valence electrons. The molecule has 0 aromatic carbocycles. The third-order valence-electron chi connectivity index (χ3n) is 2.89. The fourth-order valence-corrected chi connectivity index (χ4v) is 1.97. The number of hydrazine groups is 1. The fraction of sp³-hybridized carbons (Fsp3) is 0.333. The molecule has 18 heavy (non-hydrogen) atoms. The minimum Gasteiger partial charge on any atom is -0.493 e. The van der Waals surface area contributed by atoms with Crippen molar-refractivity contribution < 1.29 is 4.74 Å². The van der Waals surface area contributed by atoms with Gasteiger partial charge in [-0.2, -0.15) is 5.10 Å². The van der Waals surface area contributed by atoms with E-state index >= 15 is 0 Å². The van der Waals surface area contributed by atoms with Crippen LogP contribution in [-0.2, 0) is 13.5 Å². The lowest BCUT2D eigenvalue weighted by Gasteiger charge is -2.17. The maximum Gasteiger partial charge on any atom is 0.161 e. The number of aryl methyl sites for hydroxylation is 1. The standard InChI is InChI=1S/C12H17N5O/c1-17-12(11(18-2)8-15-17)10(16-13)7-9-3-5-14-6-4-9/h3-6,8,10,16H,7,13H2,1-2H3. The smallest absolute Gasteiger partial charge is 0.161 e. The van der Waals surface area contributed by atoms with E-state index in [1.54, 1.807) is 30.4 Å². The molecule has 6 heteroatoms. The summed E-state index contributed by atoms with van der Waals surface area (Å²) in [6.45, 7) is 0. The van der Waals surface area contributed by atoms with Crippen LogP contribution in [0.15, 0.2) is 30.7 Å². The summed E-state index contributed by atoms with van der Waals surface area (Å²) in [5, 5.41) is 4.18. The zero-order valence-corrected chi connectivity index (χ0v) is 10.5. The molecular weight excluding hydrogens is 230 g/mol. The predicted octanol–water partition coefficient (Wildman–Crippen LogP) is 0.571. The van der Waals surface area contributed by atoms with Gasteiger partial charge in [-0.3, -0.25) is 20.9 Å². The summed E-state index contributed by atoms with van der Waals surface area (Å²) >= 11 is 0. The second-order valence-electron chi connectivity index (χ2n) is 4.00. The summed E-state index contributed by atoms with van der Waals surface area (Å²) in [6.07, 6.45) is 5.97. The van der Waals surface area contributed by atoms with E-state index in [1.807, 2.05) is 19.2 Å². The summed E-state index contributed by atoms with van der Waals surface area (Å²) in [7, 11) is 3.50. The fourth-order valence-electron chi connectivity index (χ4n) is 1.97. The van der Waals surface area contributed by atoms with Crippen LogP contribution < -0.4 is 16.0 Å². The van der Waals surface area contributed by atoms with E-state index < -0.39 is 0 Å². The Balaban J connectivity index is 2.25. The number of ether oxygens (including phenoxy) is 1. The molecule has 2 aromatic heterocycles. The molecule has 1 unspecified atom stereocenters. The van der Waals surface area contributed by atoms with Crippen LogP contribution in [0.3, 0.4) is 0 Å². The van der Waals surface area contributed by atoms with Crippen molar-refractivity contribution in [2.45, 2.75) is 12.5 Å². The van der Waals surface area contributed by atoms with Crippen LogP contribution in [0.1, 0.15) is 17.3 Å². The number of nitrogens with one attached hydrogen (secondary N) is 1. The van der Waals surface area contributed by atoms with Crippen LogP contribution in [0.4, 0.5) is 0 Å². The summed E-state index contributed by atoms with van der Waals surface area (Å²) < 4.78 is 7.06. The summed E-state index contributed by atoms with van der Waals surface area (Å²) in [5.41, 5.74) is 4.88. The van der Waals surface area contributed by atoms with Crippen molar-refractivity contribution in [2.24, 2.45) is 12.9 Å². The van der Waals surface area contributed by atoms with E-state index in [4.69, 9.17) is 10.6 Å². The molecule has 0 bridgehead atoms. The maximum atomic E-state index is 5.64. The first kappa shape index (κ1) is 12.5. The first-order valence-electron chi connectivity index (χ1n) is 5.67. The number of methoxy groups -OCH3 is 1. The largest absolute Gasteiger partial charge is 0.493 e. The highest BCUT2D eigenvalue weighted by molar-refractivity contribution is 5.29. The van der Waals surface area contributed by atoms with Crippen molar-refractivity contribution in [1.82, 2.24) is 20.2 Å². The number of rotatable bonds is 5. The van der Waals surface area contributed by atoms with Gasteiger partial charge in [-0.25, -0.2) is 0 Å². The van der Waals surface area contributed by atoms with Crippen LogP contribution in [0.25, 0.3) is 0 Å². The molecule has 0 spiro atoms. The quantitative estimate of drug-likeness (QED) is 0.596. The van der Waals surface area contributed by atoms with Gasteiger partial charge in [0.05, 0.1) is 25.0 Å². The molecule has 0 aliphatic carbocycles. The number of nitrogens with two attached hydrogens (primary N) is 1. The van der Waals surface area contributed by atoms with Crippen molar-refractivity contribution >= 4 is 0 Å². The Hall–Kier alpha value is -1.92. The second kappa shape index (κ2) is 5.61. The summed E-state index contributed by atoms with van der Waals surface area (Å²) in [4.78, 5) is 4.00. The van der Waals surface area contributed by atoms with Gasteiger partial charge in [-0.15, -0.1) is 0 Å². The van der Waals surface area contributed by atoms with Gasteiger partial charge in [0.25, 0.3) is 0 Å². The third-order valence-corrected chi connectivity index (χ3v) is 2.89. The molecule has 0 radical (unpaired) electrons. The Morgan fingerprint density at radius 1 is 1.44 bits per heavy atom.